The molecule has 0 aliphatic heterocycles. The number of benzene rings is 16. The van der Waals surface area contributed by atoms with Crippen molar-refractivity contribution >= 4 is 64.6 Å². The van der Waals surface area contributed by atoms with Gasteiger partial charge < -0.3 is 0 Å². The lowest BCUT2D eigenvalue weighted by Gasteiger charge is -2.21. The molecule has 0 amide bonds. The van der Waals surface area contributed by atoms with Crippen molar-refractivity contribution in [2.45, 2.75) is 106 Å². The minimum Gasteiger partial charge on any atom is -0.0619 e. The topological polar surface area (TPSA) is 0 Å². The van der Waals surface area contributed by atoms with Gasteiger partial charge in [0.15, 0.2) is 0 Å². The van der Waals surface area contributed by atoms with Crippen LogP contribution in [0.1, 0.15) is 114 Å². The number of hydrogen-bond donors (Lipinski definition) is 0. The molecule has 0 atom stereocenters. The van der Waals surface area contributed by atoms with Gasteiger partial charge in [0.05, 0.1) is 0 Å². The van der Waals surface area contributed by atoms with E-state index in [4.69, 9.17) is 0 Å². The summed E-state index contributed by atoms with van der Waals surface area (Å²) in [7, 11) is 0. The van der Waals surface area contributed by atoms with Gasteiger partial charge in [-0.05, 0) is 197 Å². The van der Waals surface area contributed by atoms with Gasteiger partial charge in [0.1, 0.15) is 0 Å². The molecule has 16 aromatic rings. The minimum absolute atomic E-state index is 0.151. The van der Waals surface area contributed by atoms with E-state index < -0.39 is 0 Å². The molecule has 0 bridgehead atoms. The summed E-state index contributed by atoms with van der Waals surface area (Å²) in [5.41, 5.74) is 27.1. The molecule has 492 valence electrons. The van der Waals surface area contributed by atoms with Crippen molar-refractivity contribution in [1.29, 1.82) is 0 Å². The normalized spacial score (nSPS) is 13.1. The standard InChI is InChI=1S/3C16H16.2C15H12.2C11H10/c1-11-7-6-10-14-15(11)12-8-4-5-9-13(12)16(14,2)3;1-11-8-9-15-13(10-11)12-6-4-5-7-14(12)16(15,2)3;1-11-8-9-13-12-6-4-5-7-14(12)16(2,3)15(13)10-11;1-11-10-12-6-2-3-8-14(12)15-9-5-4-7-13(11)15;1-11-6-9-15-13(10-11)8-7-12-4-2-3-5-14(12)15;1-9-5-4-7-10-6-2-3-8-11(9)10;1-9-6-7-10-4-2-3-5-11(10)8-9/h3*4-10H,1-3H3;2*2-10H,1H3;2*2-8H,1H3. The van der Waals surface area contributed by atoms with E-state index in [-0.39, 0.29) is 16.2 Å². The highest BCUT2D eigenvalue weighted by Gasteiger charge is 2.37. The Morgan fingerprint density at radius 1 is 0.170 bits per heavy atom. The van der Waals surface area contributed by atoms with E-state index in [1.54, 1.807) is 0 Å². The van der Waals surface area contributed by atoms with Gasteiger partial charge in [0.2, 0.25) is 0 Å². The van der Waals surface area contributed by atoms with Gasteiger partial charge in [-0.2, -0.15) is 0 Å². The summed E-state index contributed by atoms with van der Waals surface area (Å²) in [6.07, 6.45) is 0. The molecule has 100 heavy (non-hydrogen) atoms. The second kappa shape index (κ2) is 28.5. The lowest BCUT2D eigenvalue weighted by Crippen LogP contribution is -2.14. The largest absolute Gasteiger partial charge is 0.0619 e. The maximum atomic E-state index is 2.33. The van der Waals surface area contributed by atoms with E-state index in [0.717, 1.165) is 0 Å². The van der Waals surface area contributed by atoms with Crippen molar-refractivity contribution in [2.75, 3.05) is 0 Å². The lowest BCUT2D eigenvalue weighted by molar-refractivity contribution is 0.659. The fourth-order valence-electron chi connectivity index (χ4n) is 15.7. The monoisotopic (exact) mass is 1290 g/mol. The average molecular weight is 1290 g/mol. The van der Waals surface area contributed by atoms with Crippen molar-refractivity contribution in [3.63, 3.8) is 0 Å². The Balaban J connectivity index is 0.000000105. The molecule has 0 heterocycles. The van der Waals surface area contributed by atoms with Crippen LogP contribution in [0.25, 0.3) is 98.0 Å². The zero-order chi connectivity index (χ0) is 69.9. The molecule has 16 aromatic carbocycles. The molecule has 0 aromatic heterocycles. The SMILES string of the molecule is Cc1cc2ccccc2c2ccccc12.Cc1ccc2c(c1)-c1ccccc1C2(C)C.Cc1ccc2c(c1)C(C)(C)c1ccccc1-2.Cc1ccc2c(ccc3ccccc32)c1.Cc1ccc2ccccc2c1.Cc1cccc2c1-c1ccccc1C2(C)C.Cc1cccc2ccccc12. The highest BCUT2D eigenvalue weighted by molar-refractivity contribution is 6.09. The van der Waals surface area contributed by atoms with Gasteiger partial charge in [0, 0.05) is 16.2 Å². The molecule has 0 unspecified atom stereocenters. The first-order chi connectivity index (χ1) is 48.3. The predicted octanol–water partition coefficient (Wildman–Crippen LogP) is 27.8. The first-order valence-electron chi connectivity index (χ1n) is 35.5. The van der Waals surface area contributed by atoms with Crippen LogP contribution in [0, 0.1) is 48.5 Å². The number of aryl methyl sites for hydroxylation is 7. The molecule has 19 rings (SSSR count). The molecule has 0 saturated carbocycles. The van der Waals surface area contributed by atoms with Gasteiger partial charge in [0.25, 0.3) is 0 Å². The van der Waals surface area contributed by atoms with Crippen LogP contribution in [-0.4, -0.2) is 0 Å². The summed E-state index contributed by atoms with van der Waals surface area (Å²) in [5, 5.41) is 16.0. The Hall–Kier alpha value is -10.9. The van der Waals surface area contributed by atoms with Gasteiger partial charge in [-0.3, -0.25) is 0 Å². The zero-order valence-corrected chi connectivity index (χ0v) is 60.6. The van der Waals surface area contributed by atoms with Crippen molar-refractivity contribution in [3.05, 3.63) is 394 Å². The third-order valence-electron chi connectivity index (χ3n) is 21.1. The van der Waals surface area contributed by atoms with E-state index in [2.05, 4.69) is 412 Å². The van der Waals surface area contributed by atoms with Crippen LogP contribution >= 0.6 is 0 Å². The van der Waals surface area contributed by atoms with E-state index >= 15 is 0 Å². The van der Waals surface area contributed by atoms with Crippen LogP contribution in [0.4, 0.5) is 0 Å². The molecule has 0 N–H and O–H groups in total. The molecule has 3 aliphatic rings. The van der Waals surface area contributed by atoms with Crippen molar-refractivity contribution in [2.24, 2.45) is 0 Å². The van der Waals surface area contributed by atoms with Crippen molar-refractivity contribution in [1.82, 2.24) is 0 Å². The van der Waals surface area contributed by atoms with Crippen LogP contribution < -0.4 is 0 Å². The molecule has 3 aliphatic carbocycles. The molecular weight excluding hydrogens is 1200 g/mol. The van der Waals surface area contributed by atoms with Crippen LogP contribution in [0.15, 0.2) is 322 Å². The van der Waals surface area contributed by atoms with E-state index in [1.165, 1.54) is 170 Å². The van der Waals surface area contributed by atoms with Crippen LogP contribution in [0.3, 0.4) is 0 Å². The molecule has 0 spiro atoms. The van der Waals surface area contributed by atoms with Crippen LogP contribution in [0.5, 0.6) is 0 Å². The zero-order valence-electron chi connectivity index (χ0n) is 60.6. The minimum atomic E-state index is 0.151. The average Bonchev–Trinajstić information content (AvgIpc) is 1.59. The summed E-state index contributed by atoms with van der Waals surface area (Å²) in [6, 6.07) is 115. The highest BCUT2D eigenvalue weighted by Crippen LogP contribution is 2.51. The summed E-state index contributed by atoms with van der Waals surface area (Å²) < 4.78 is 0. The Morgan fingerprint density at radius 2 is 0.530 bits per heavy atom. The Kier molecular flexibility index (Phi) is 19.3. The molecular formula is C100H92. The lowest BCUT2D eigenvalue weighted by atomic mass is 9.82. The summed E-state index contributed by atoms with van der Waals surface area (Å²) in [4.78, 5) is 0. The van der Waals surface area contributed by atoms with E-state index in [1.807, 2.05) is 0 Å². The molecule has 0 radical (unpaired) electrons. The van der Waals surface area contributed by atoms with Gasteiger partial charge in [-0.15, -0.1) is 0 Å². The number of fused-ring (bicyclic) bond motifs is 17. The molecule has 0 nitrogen and oxygen atoms in total. The first-order valence-corrected chi connectivity index (χ1v) is 35.5. The number of rotatable bonds is 0. The Labute approximate surface area is 594 Å². The maximum Gasteiger partial charge on any atom is 0.0158 e. The van der Waals surface area contributed by atoms with Gasteiger partial charge >= 0.3 is 0 Å². The van der Waals surface area contributed by atoms with Crippen LogP contribution in [-0.2, 0) is 16.2 Å². The molecule has 0 saturated heterocycles. The third kappa shape index (κ3) is 13.6. The van der Waals surface area contributed by atoms with Gasteiger partial charge in [-0.25, -0.2) is 0 Å². The van der Waals surface area contributed by atoms with Crippen molar-refractivity contribution in [3.8, 4) is 33.4 Å². The smallest absolute Gasteiger partial charge is 0.0158 e. The second-order valence-corrected chi connectivity index (χ2v) is 29.2. The quantitative estimate of drug-likeness (QED) is 0.133. The Bertz CT molecular complexity index is 5650. The third-order valence-corrected chi connectivity index (χ3v) is 21.1. The highest BCUT2D eigenvalue weighted by atomic mass is 14.4. The summed E-state index contributed by atoms with van der Waals surface area (Å²) in [5.74, 6) is 0. The van der Waals surface area contributed by atoms with Gasteiger partial charge in [-0.1, -0.05) is 385 Å². The molecule has 0 fully saturated rings. The van der Waals surface area contributed by atoms with E-state index in [9.17, 15) is 0 Å². The Morgan fingerprint density at radius 3 is 1.20 bits per heavy atom. The predicted molar refractivity (Wildman–Crippen MR) is 436 cm³/mol. The first kappa shape index (κ1) is 67.6. The number of hydrogen-bond acceptors (Lipinski definition) is 0. The fraction of sp³-hybridized carbons (Fsp3) is 0.160. The fourth-order valence-corrected chi connectivity index (χ4v) is 15.7. The maximum absolute atomic E-state index is 2.33. The summed E-state index contributed by atoms with van der Waals surface area (Å²) >= 11 is 0. The molecule has 0 heteroatoms. The van der Waals surface area contributed by atoms with E-state index in [0.29, 0.717) is 0 Å². The van der Waals surface area contributed by atoms with Crippen molar-refractivity contribution < 1.29 is 0 Å². The second-order valence-electron chi connectivity index (χ2n) is 29.2. The summed E-state index contributed by atoms with van der Waals surface area (Å²) in [6.45, 7) is 29.0. The van der Waals surface area contributed by atoms with Crippen LogP contribution in [0.2, 0.25) is 0 Å².